The molecule has 0 atom stereocenters. The van der Waals surface area contributed by atoms with Crippen LogP contribution in [-0.2, 0) is 22.8 Å². The van der Waals surface area contributed by atoms with Gasteiger partial charge in [0.1, 0.15) is 11.6 Å². The first-order valence-corrected chi connectivity index (χ1v) is 11.5. The molecule has 0 aromatic heterocycles. The van der Waals surface area contributed by atoms with Crippen LogP contribution in [0.15, 0.2) is 59.5 Å². The van der Waals surface area contributed by atoms with E-state index in [4.69, 9.17) is 0 Å². The van der Waals surface area contributed by atoms with Gasteiger partial charge in [-0.15, -0.1) is 0 Å². The van der Waals surface area contributed by atoms with Crippen molar-refractivity contribution in [2.75, 3.05) is 20.4 Å². The van der Waals surface area contributed by atoms with E-state index in [1.54, 1.807) is 25.1 Å². The Balaban J connectivity index is 2.21. The molecule has 0 aliphatic rings. The smallest absolute Gasteiger partial charge is 0.281 e. The highest BCUT2D eigenvalue weighted by molar-refractivity contribution is 7.90. The average molecular weight is 461 g/mol. The first-order chi connectivity index (χ1) is 15.0. The molecule has 0 fully saturated rings. The molecule has 0 heterocycles. The van der Waals surface area contributed by atoms with Gasteiger partial charge in [0, 0.05) is 30.3 Å². The van der Waals surface area contributed by atoms with Crippen molar-refractivity contribution in [1.29, 1.82) is 0 Å². The largest absolute Gasteiger partial charge is 0.305 e. The van der Waals surface area contributed by atoms with E-state index in [9.17, 15) is 27.3 Å². The molecule has 0 radical (unpaired) electrons. The number of sulfone groups is 1. The highest BCUT2D eigenvalue weighted by Crippen LogP contribution is 2.36. The van der Waals surface area contributed by atoms with Crippen LogP contribution in [0.5, 0.6) is 0 Å². The van der Waals surface area contributed by atoms with Crippen molar-refractivity contribution in [3.8, 4) is 11.1 Å². The number of hydrogen-bond acceptors (Lipinski definition) is 5. The van der Waals surface area contributed by atoms with Gasteiger partial charge in [0.15, 0.2) is 9.84 Å². The zero-order valence-electron chi connectivity index (χ0n) is 17.8. The maximum absolute atomic E-state index is 14.2. The van der Waals surface area contributed by atoms with Crippen LogP contribution in [0.25, 0.3) is 11.1 Å². The highest BCUT2D eigenvalue weighted by Gasteiger charge is 2.24. The lowest BCUT2D eigenvalue weighted by Crippen LogP contribution is -2.13. The molecule has 32 heavy (non-hydrogen) atoms. The summed E-state index contributed by atoms with van der Waals surface area (Å²) >= 11 is 0. The van der Waals surface area contributed by atoms with Crippen LogP contribution < -0.4 is 0 Å². The lowest BCUT2D eigenvalue weighted by Gasteiger charge is -2.16. The zero-order chi connectivity index (χ0) is 23.6. The molecule has 0 saturated heterocycles. The standard InChI is InChI=1S/C23H22F2N2O4S/c1-26(2)14-17-11-15(13-20-21(24)5-4-6-22(20)25)12-19(23(17)27(28)29)16-7-9-18(10-8-16)32(3,30)31/h4-12H,13-14H2,1-3H3. The van der Waals surface area contributed by atoms with E-state index >= 15 is 0 Å². The van der Waals surface area contributed by atoms with Gasteiger partial charge in [-0.05, 0) is 61.6 Å². The molecule has 0 saturated carbocycles. The Hall–Kier alpha value is -3.17. The maximum Gasteiger partial charge on any atom is 0.281 e. The maximum atomic E-state index is 14.2. The van der Waals surface area contributed by atoms with Gasteiger partial charge in [0.2, 0.25) is 0 Å². The fourth-order valence-electron chi connectivity index (χ4n) is 3.55. The Morgan fingerprint density at radius 2 is 1.59 bits per heavy atom. The molecular weight excluding hydrogens is 438 g/mol. The normalized spacial score (nSPS) is 11.7. The SMILES string of the molecule is CN(C)Cc1cc(Cc2c(F)cccc2F)cc(-c2ccc(S(C)(=O)=O)cc2)c1[N+](=O)[O-]. The second-order valence-corrected chi connectivity index (χ2v) is 9.84. The lowest BCUT2D eigenvalue weighted by molar-refractivity contribution is -0.385. The van der Waals surface area contributed by atoms with E-state index in [1.807, 2.05) is 0 Å². The summed E-state index contributed by atoms with van der Waals surface area (Å²) in [6, 6.07) is 12.4. The van der Waals surface area contributed by atoms with Crippen LogP contribution in [0.4, 0.5) is 14.5 Å². The summed E-state index contributed by atoms with van der Waals surface area (Å²) in [6.45, 7) is 0.234. The molecule has 0 bridgehead atoms. The van der Waals surface area contributed by atoms with Crippen LogP contribution >= 0.6 is 0 Å². The molecule has 0 aliphatic heterocycles. The van der Waals surface area contributed by atoms with Crippen LogP contribution in [0.2, 0.25) is 0 Å². The Kier molecular flexibility index (Phi) is 6.71. The first-order valence-electron chi connectivity index (χ1n) is 9.65. The van der Waals surface area contributed by atoms with Crippen molar-refractivity contribution in [1.82, 2.24) is 4.90 Å². The number of benzene rings is 3. The second-order valence-electron chi connectivity index (χ2n) is 7.82. The van der Waals surface area contributed by atoms with Crippen LogP contribution in [-0.4, -0.2) is 38.6 Å². The first kappa shape index (κ1) is 23.5. The number of nitro benzene ring substituents is 1. The van der Waals surface area contributed by atoms with Crippen LogP contribution in [0, 0.1) is 21.7 Å². The van der Waals surface area contributed by atoms with Crippen LogP contribution in [0.3, 0.4) is 0 Å². The van der Waals surface area contributed by atoms with Crippen molar-refractivity contribution in [3.63, 3.8) is 0 Å². The minimum absolute atomic E-state index is 0.0852. The molecule has 3 aromatic carbocycles. The van der Waals surface area contributed by atoms with E-state index < -0.39 is 26.4 Å². The molecule has 6 nitrogen and oxygen atoms in total. The summed E-state index contributed by atoms with van der Waals surface area (Å²) in [4.78, 5) is 13.3. The highest BCUT2D eigenvalue weighted by atomic mass is 32.2. The summed E-state index contributed by atoms with van der Waals surface area (Å²) in [5, 5.41) is 12.0. The van der Waals surface area contributed by atoms with E-state index in [-0.39, 0.29) is 34.7 Å². The summed E-state index contributed by atoms with van der Waals surface area (Å²) in [5.41, 5.74) is 1.30. The van der Waals surface area contributed by atoms with Gasteiger partial charge in [0.25, 0.3) is 5.69 Å². The Morgan fingerprint density at radius 1 is 1.00 bits per heavy atom. The average Bonchev–Trinajstić information content (AvgIpc) is 2.69. The third-order valence-corrected chi connectivity index (χ3v) is 6.08. The topological polar surface area (TPSA) is 80.5 Å². The molecule has 0 aliphatic carbocycles. The number of rotatable bonds is 7. The number of halogens is 2. The van der Waals surface area contributed by atoms with Gasteiger partial charge in [-0.1, -0.05) is 18.2 Å². The van der Waals surface area contributed by atoms with Gasteiger partial charge in [0.05, 0.1) is 15.4 Å². The predicted octanol–water partition coefficient (Wildman–Crippen LogP) is 4.60. The molecule has 168 valence electrons. The van der Waals surface area contributed by atoms with Gasteiger partial charge in [-0.2, -0.15) is 0 Å². The molecule has 3 rings (SSSR count). The molecule has 0 amide bonds. The molecular formula is C23H22F2N2O4S. The molecule has 0 N–H and O–H groups in total. The summed E-state index contributed by atoms with van der Waals surface area (Å²) in [5.74, 6) is -1.40. The Morgan fingerprint density at radius 3 is 2.09 bits per heavy atom. The van der Waals surface area contributed by atoms with Crippen molar-refractivity contribution < 1.29 is 22.1 Å². The van der Waals surface area contributed by atoms with Gasteiger partial charge >= 0.3 is 0 Å². The molecule has 9 heteroatoms. The quantitative estimate of drug-likeness (QED) is 0.380. The van der Waals surface area contributed by atoms with Crippen molar-refractivity contribution in [3.05, 3.63) is 93.0 Å². The predicted molar refractivity (Wildman–Crippen MR) is 118 cm³/mol. The zero-order valence-corrected chi connectivity index (χ0v) is 18.6. The van der Waals surface area contributed by atoms with Gasteiger partial charge in [-0.3, -0.25) is 10.1 Å². The van der Waals surface area contributed by atoms with Crippen LogP contribution in [0.1, 0.15) is 16.7 Å². The second kappa shape index (κ2) is 9.13. The van der Waals surface area contributed by atoms with Gasteiger partial charge in [-0.25, -0.2) is 17.2 Å². The van der Waals surface area contributed by atoms with E-state index in [0.717, 1.165) is 18.4 Å². The molecule has 3 aromatic rings. The summed E-state index contributed by atoms with van der Waals surface area (Å²) in [6.07, 6.45) is 0.981. The minimum atomic E-state index is -3.43. The number of nitrogens with zero attached hydrogens (tertiary/aromatic N) is 2. The monoisotopic (exact) mass is 460 g/mol. The van der Waals surface area contributed by atoms with Crippen molar-refractivity contribution >= 4 is 15.5 Å². The van der Waals surface area contributed by atoms with E-state index in [1.165, 1.54) is 36.4 Å². The van der Waals surface area contributed by atoms with Gasteiger partial charge < -0.3 is 4.90 Å². The molecule has 0 unspecified atom stereocenters. The fraction of sp³-hybridized carbons (Fsp3) is 0.217. The number of nitro groups is 1. The third kappa shape index (κ3) is 5.17. The number of hydrogen-bond donors (Lipinski definition) is 0. The Labute approximate surface area is 185 Å². The van der Waals surface area contributed by atoms with E-state index in [2.05, 4.69) is 0 Å². The van der Waals surface area contributed by atoms with Crippen molar-refractivity contribution in [2.45, 2.75) is 17.9 Å². The lowest BCUT2D eigenvalue weighted by atomic mass is 9.93. The minimum Gasteiger partial charge on any atom is -0.305 e. The molecule has 0 spiro atoms. The Bertz CT molecular complexity index is 1250. The van der Waals surface area contributed by atoms with Crippen molar-refractivity contribution in [2.24, 2.45) is 0 Å². The third-order valence-electron chi connectivity index (χ3n) is 4.95. The fourth-order valence-corrected chi connectivity index (χ4v) is 4.18. The van der Waals surface area contributed by atoms with E-state index in [0.29, 0.717) is 16.7 Å². The summed E-state index contributed by atoms with van der Waals surface area (Å²) < 4.78 is 52.0. The summed E-state index contributed by atoms with van der Waals surface area (Å²) in [7, 11) is 0.0803.